The molecule has 2 aromatic carbocycles. The van der Waals surface area contributed by atoms with Crippen LogP contribution >= 0.6 is 0 Å². The van der Waals surface area contributed by atoms with Gasteiger partial charge in [0.2, 0.25) is 0 Å². The molecule has 0 spiro atoms. The third-order valence-electron chi connectivity index (χ3n) is 4.87. The molecule has 142 valence electrons. The molecule has 0 unspecified atom stereocenters. The fraction of sp³-hybridized carbons (Fsp3) is 0.320. The number of amides is 1. The molecule has 0 aliphatic heterocycles. The van der Waals surface area contributed by atoms with Gasteiger partial charge in [-0.3, -0.25) is 4.79 Å². The van der Waals surface area contributed by atoms with Gasteiger partial charge in [0.05, 0.1) is 6.04 Å². The Bertz CT molecular complexity index is 750. The number of benzene rings is 2. The van der Waals surface area contributed by atoms with E-state index in [0.717, 1.165) is 41.7 Å². The lowest BCUT2D eigenvalue weighted by molar-refractivity contribution is -0.126. The highest BCUT2D eigenvalue weighted by atomic mass is 16.2. The van der Waals surface area contributed by atoms with Gasteiger partial charge in [-0.05, 0) is 37.8 Å². The van der Waals surface area contributed by atoms with Crippen LogP contribution in [0.5, 0.6) is 0 Å². The molecule has 1 amide bonds. The van der Waals surface area contributed by atoms with Crippen LogP contribution in [0, 0.1) is 0 Å². The number of nitrogens with zero attached hydrogens (tertiary/aromatic N) is 1. The Balaban J connectivity index is 2.60. The molecular weight excluding hydrogens is 330 g/mol. The molecule has 27 heavy (non-hydrogen) atoms. The predicted molar refractivity (Wildman–Crippen MR) is 114 cm³/mol. The third kappa shape index (κ3) is 4.97. The molecule has 0 N–H and O–H groups in total. The predicted octanol–water partition coefficient (Wildman–Crippen LogP) is 6.66. The summed E-state index contributed by atoms with van der Waals surface area (Å²) in [6.07, 6.45) is 2.71. The summed E-state index contributed by atoms with van der Waals surface area (Å²) in [7, 11) is 0. The average molecular weight is 362 g/mol. The number of rotatable bonds is 8. The number of carbonyl (C=O) groups excluding carboxylic acids is 1. The summed E-state index contributed by atoms with van der Waals surface area (Å²) in [6.45, 7) is 12.4. The van der Waals surface area contributed by atoms with Crippen molar-refractivity contribution in [3.05, 3.63) is 95.2 Å². The second kappa shape index (κ2) is 9.91. The first-order valence-corrected chi connectivity index (χ1v) is 9.78. The Kier molecular flexibility index (Phi) is 7.60. The first kappa shape index (κ1) is 20.7. The molecule has 0 saturated heterocycles. The Morgan fingerprint density at radius 3 is 1.78 bits per heavy atom. The fourth-order valence-corrected chi connectivity index (χ4v) is 3.58. The van der Waals surface area contributed by atoms with Crippen LogP contribution in [-0.2, 0) is 4.79 Å². The summed E-state index contributed by atoms with van der Waals surface area (Å²) < 4.78 is 0. The highest BCUT2D eigenvalue weighted by Gasteiger charge is 2.29. The van der Waals surface area contributed by atoms with Crippen molar-refractivity contribution in [2.45, 2.75) is 53.0 Å². The van der Waals surface area contributed by atoms with Crippen LogP contribution in [0.1, 0.15) is 64.1 Å². The number of hydrogen-bond donors (Lipinski definition) is 0. The molecule has 2 heteroatoms. The van der Waals surface area contributed by atoms with E-state index < -0.39 is 0 Å². The zero-order valence-corrected chi connectivity index (χ0v) is 17.0. The number of hydrogen-bond acceptors (Lipinski definition) is 1. The molecular formula is C25H31NO. The second-order valence-corrected chi connectivity index (χ2v) is 7.00. The van der Waals surface area contributed by atoms with E-state index in [1.54, 1.807) is 0 Å². The highest BCUT2D eigenvalue weighted by molar-refractivity contribution is 5.95. The van der Waals surface area contributed by atoms with Gasteiger partial charge >= 0.3 is 0 Å². The summed E-state index contributed by atoms with van der Waals surface area (Å²) in [4.78, 5) is 15.5. The van der Waals surface area contributed by atoms with Crippen LogP contribution in [-0.4, -0.2) is 10.8 Å². The molecule has 0 heterocycles. The summed E-state index contributed by atoms with van der Waals surface area (Å²) in [6, 6.07) is 20.2. The van der Waals surface area contributed by atoms with Crippen LogP contribution in [0.25, 0.3) is 0 Å². The lowest BCUT2D eigenvalue weighted by atomic mass is 9.94. The van der Waals surface area contributed by atoms with E-state index in [1.165, 1.54) is 5.57 Å². The molecule has 0 aromatic heterocycles. The largest absolute Gasteiger partial charge is 0.302 e. The number of allylic oxidation sites excluding steroid dienone is 2. The zero-order valence-electron chi connectivity index (χ0n) is 17.0. The SMILES string of the molecule is C=C(C)N(C(=O)/C(CC)=C(\C)CCC)C(c1ccccc1)c1ccccc1. The van der Waals surface area contributed by atoms with Gasteiger partial charge in [-0.2, -0.15) is 0 Å². The summed E-state index contributed by atoms with van der Waals surface area (Å²) >= 11 is 0. The Labute approximate surface area is 164 Å². The van der Waals surface area contributed by atoms with Crippen molar-refractivity contribution in [1.82, 2.24) is 4.90 Å². The lowest BCUT2D eigenvalue weighted by Gasteiger charge is -2.34. The standard InChI is InChI=1S/C25H31NO/c1-6-14-20(5)23(7-2)25(27)26(19(3)4)24(21-15-10-8-11-16-21)22-17-12-9-13-18-22/h8-13,15-18,24H,3,6-7,14H2,1-2,4-5H3/b23-20+. The minimum absolute atomic E-state index is 0.0636. The van der Waals surface area contributed by atoms with E-state index >= 15 is 0 Å². The average Bonchev–Trinajstić information content (AvgIpc) is 2.67. The molecule has 0 atom stereocenters. The van der Waals surface area contributed by atoms with Crippen molar-refractivity contribution < 1.29 is 4.79 Å². The monoisotopic (exact) mass is 361 g/mol. The van der Waals surface area contributed by atoms with Gasteiger partial charge in [-0.1, -0.05) is 93.1 Å². The van der Waals surface area contributed by atoms with Crippen LogP contribution in [0.3, 0.4) is 0 Å². The van der Waals surface area contributed by atoms with E-state index in [9.17, 15) is 4.79 Å². The molecule has 0 radical (unpaired) electrons. The normalized spacial score (nSPS) is 11.9. The minimum atomic E-state index is -0.187. The van der Waals surface area contributed by atoms with Gasteiger partial charge < -0.3 is 4.90 Å². The van der Waals surface area contributed by atoms with Crippen molar-refractivity contribution in [2.75, 3.05) is 0 Å². The van der Waals surface area contributed by atoms with E-state index in [-0.39, 0.29) is 11.9 Å². The molecule has 0 aliphatic carbocycles. The van der Waals surface area contributed by atoms with Crippen LogP contribution < -0.4 is 0 Å². The maximum atomic E-state index is 13.6. The van der Waals surface area contributed by atoms with Crippen molar-refractivity contribution in [2.24, 2.45) is 0 Å². The van der Waals surface area contributed by atoms with Crippen molar-refractivity contribution >= 4 is 5.91 Å². The molecule has 0 aliphatic rings. The van der Waals surface area contributed by atoms with Crippen LogP contribution in [0.15, 0.2) is 84.1 Å². The van der Waals surface area contributed by atoms with Gasteiger partial charge in [-0.15, -0.1) is 0 Å². The smallest absolute Gasteiger partial charge is 0.254 e. The molecule has 0 bridgehead atoms. The maximum Gasteiger partial charge on any atom is 0.254 e. The Morgan fingerprint density at radius 1 is 0.926 bits per heavy atom. The zero-order chi connectivity index (χ0) is 19.8. The van der Waals surface area contributed by atoms with Gasteiger partial charge in [0.25, 0.3) is 5.91 Å². The highest BCUT2D eigenvalue weighted by Crippen LogP contribution is 2.33. The van der Waals surface area contributed by atoms with Gasteiger partial charge in [0.15, 0.2) is 0 Å². The Hall–Kier alpha value is -2.61. The molecule has 0 fully saturated rings. The molecule has 2 aromatic rings. The maximum absolute atomic E-state index is 13.6. The van der Waals surface area contributed by atoms with E-state index in [2.05, 4.69) is 51.6 Å². The van der Waals surface area contributed by atoms with Crippen molar-refractivity contribution in [1.29, 1.82) is 0 Å². The van der Waals surface area contributed by atoms with Crippen molar-refractivity contribution in [3.8, 4) is 0 Å². The first-order chi connectivity index (χ1) is 13.0. The second-order valence-electron chi connectivity index (χ2n) is 7.00. The summed E-state index contributed by atoms with van der Waals surface area (Å²) in [5, 5.41) is 0. The van der Waals surface area contributed by atoms with Gasteiger partial charge in [0, 0.05) is 11.3 Å². The van der Waals surface area contributed by atoms with Crippen molar-refractivity contribution in [3.63, 3.8) is 0 Å². The third-order valence-corrected chi connectivity index (χ3v) is 4.87. The first-order valence-electron chi connectivity index (χ1n) is 9.78. The Morgan fingerprint density at radius 2 is 1.41 bits per heavy atom. The van der Waals surface area contributed by atoms with E-state index in [4.69, 9.17) is 0 Å². The minimum Gasteiger partial charge on any atom is -0.302 e. The number of carbonyl (C=O) groups is 1. The van der Waals surface area contributed by atoms with Crippen LogP contribution in [0.4, 0.5) is 0 Å². The van der Waals surface area contributed by atoms with E-state index in [1.807, 2.05) is 48.2 Å². The molecule has 2 rings (SSSR count). The summed E-state index contributed by atoms with van der Waals surface area (Å²) in [5.41, 5.74) is 5.01. The van der Waals surface area contributed by atoms with Gasteiger partial charge in [0.1, 0.15) is 0 Å². The van der Waals surface area contributed by atoms with Gasteiger partial charge in [-0.25, -0.2) is 0 Å². The van der Waals surface area contributed by atoms with E-state index in [0.29, 0.717) is 0 Å². The molecule has 0 saturated carbocycles. The fourth-order valence-electron chi connectivity index (χ4n) is 3.58. The topological polar surface area (TPSA) is 20.3 Å². The summed E-state index contributed by atoms with van der Waals surface area (Å²) in [5.74, 6) is 0.0636. The molecule has 2 nitrogen and oxygen atoms in total. The lowest BCUT2D eigenvalue weighted by Crippen LogP contribution is -2.35. The quantitative estimate of drug-likeness (QED) is 0.481. The van der Waals surface area contributed by atoms with Crippen LogP contribution in [0.2, 0.25) is 0 Å².